The maximum absolute atomic E-state index is 11.6. The van der Waals surface area contributed by atoms with Crippen LogP contribution in [0.3, 0.4) is 0 Å². The number of hydrogen-bond donors (Lipinski definition) is 2. The van der Waals surface area contributed by atoms with Crippen LogP contribution in [0.15, 0.2) is 0 Å². The molecule has 1 fully saturated rings. The van der Waals surface area contributed by atoms with Gasteiger partial charge in [-0.1, -0.05) is 0 Å². The van der Waals surface area contributed by atoms with E-state index in [9.17, 15) is 4.79 Å². The Balaban J connectivity index is 2.24. The SMILES string of the molecule is CC(C)(C)NC(=O)OC1CCC(CCO)CC1. The summed E-state index contributed by atoms with van der Waals surface area (Å²) in [5.41, 5.74) is -0.245. The Labute approximate surface area is 104 Å². The highest BCUT2D eigenvalue weighted by Gasteiger charge is 2.24. The molecule has 4 nitrogen and oxygen atoms in total. The summed E-state index contributed by atoms with van der Waals surface area (Å²) >= 11 is 0. The number of nitrogens with one attached hydrogen (secondary N) is 1. The molecule has 1 aliphatic carbocycles. The van der Waals surface area contributed by atoms with Gasteiger partial charge < -0.3 is 15.2 Å². The Morgan fingerprint density at radius 1 is 1.29 bits per heavy atom. The van der Waals surface area contributed by atoms with Gasteiger partial charge in [0, 0.05) is 12.1 Å². The molecule has 17 heavy (non-hydrogen) atoms. The molecule has 0 aromatic carbocycles. The van der Waals surface area contributed by atoms with E-state index in [0.29, 0.717) is 5.92 Å². The van der Waals surface area contributed by atoms with Crippen LogP contribution in [0.4, 0.5) is 4.79 Å². The fraction of sp³-hybridized carbons (Fsp3) is 0.923. The molecule has 0 bridgehead atoms. The highest BCUT2D eigenvalue weighted by atomic mass is 16.6. The maximum Gasteiger partial charge on any atom is 0.407 e. The zero-order valence-corrected chi connectivity index (χ0v) is 11.2. The van der Waals surface area contributed by atoms with E-state index in [1.165, 1.54) is 0 Å². The van der Waals surface area contributed by atoms with Crippen molar-refractivity contribution < 1.29 is 14.6 Å². The normalized spacial score (nSPS) is 25.4. The topological polar surface area (TPSA) is 58.6 Å². The average Bonchev–Trinajstić information content (AvgIpc) is 2.18. The van der Waals surface area contributed by atoms with E-state index in [4.69, 9.17) is 9.84 Å². The van der Waals surface area contributed by atoms with Gasteiger partial charge in [-0.25, -0.2) is 4.79 Å². The summed E-state index contributed by atoms with van der Waals surface area (Å²) in [4.78, 5) is 11.6. The van der Waals surface area contributed by atoms with Crippen molar-refractivity contribution in [2.24, 2.45) is 5.92 Å². The standard InChI is InChI=1S/C13H25NO3/c1-13(2,3)14-12(16)17-11-6-4-10(5-7-11)8-9-15/h10-11,15H,4-9H2,1-3H3,(H,14,16). The lowest BCUT2D eigenvalue weighted by atomic mass is 9.85. The highest BCUT2D eigenvalue weighted by Crippen LogP contribution is 2.28. The lowest BCUT2D eigenvalue weighted by Crippen LogP contribution is -2.42. The number of aliphatic hydroxyl groups is 1. The second kappa shape index (κ2) is 6.24. The largest absolute Gasteiger partial charge is 0.446 e. The zero-order chi connectivity index (χ0) is 12.9. The molecular formula is C13H25NO3. The van der Waals surface area contributed by atoms with Crippen molar-refractivity contribution in [1.29, 1.82) is 0 Å². The monoisotopic (exact) mass is 243 g/mol. The summed E-state index contributed by atoms with van der Waals surface area (Å²) in [6.07, 6.45) is 4.54. The number of carbonyl (C=O) groups is 1. The predicted octanol–water partition coefficient (Wildman–Crippen LogP) is 2.45. The molecule has 0 heterocycles. The number of rotatable bonds is 3. The second-order valence-electron chi connectivity index (χ2n) is 5.94. The molecule has 2 N–H and O–H groups in total. The Morgan fingerprint density at radius 3 is 2.35 bits per heavy atom. The van der Waals surface area contributed by atoms with Crippen molar-refractivity contribution in [2.45, 2.75) is 64.5 Å². The molecule has 4 heteroatoms. The molecule has 0 spiro atoms. The van der Waals surface area contributed by atoms with E-state index in [-0.39, 0.29) is 24.3 Å². The van der Waals surface area contributed by atoms with Crippen molar-refractivity contribution in [3.8, 4) is 0 Å². The van der Waals surface area contributed by atoms with Crippen LogP contribution in [-0.2, 0) is 4.74 Å². The maximum atomic E-state index is 11.6. The van der Waals surface area contributed by atoms with Crippen LogP contribution in [-0.4, -0.2) is 29.4 Å². The summed E-state index contributed by atoms with van der Waals surface area (Å²) in [5, 5.41) is 11.7. The van der Waals surface area contributed by atoms with E-state index in [1.807, 2.05) is 20.8 Å². The molecular weight excluding hydrogens is 218 g/mol. The van der Waals surface area contributed by atoms with Crippen LogP contribution in [0, 0.1) is 5.92 Å². The molecule has 0 radical (unpaired) electrons. The van der Waals surface area contributed by atoms with Gasteiger partial charge in [0.15, 0.2) is 0 Å². The van der Waals surface area contributed by atoms with Crippen LogP contribution < -0.4 is 5.32 Å². The van der Waals surface area contributed by atoms with Gasteiger partial charge in [-0.05, 0) is 58.8 Å². The van der Waals surface area contributed by atoms with Crippen LogP contribution in [0.25, 0.3) is 0 Å². The van der Waals surface area contributed by atoms with Crippen molar-refractivity contribution in [3.63, 3.8) is 0 Å². The number of amides is 1. The van der Waals surface area contributed by atoms with Gasteiger partial charge in [0.25, 0.3) is 0 Å². The average molecular weight is 243 g/mol. The van der Waals surface area contributed by atoms with Crippen LogP contribution >= 0.6 is 0 Å². The second-order valence-corrected chi connectivity index (χ2v) is 5.94. The Kier molecular flexibility index (Phi) is 5.25. The fourth-order valence-electron chi connectivity index (χ4n) is 2.21. The molecule has 1 rings (SSSR count). The highest BCUT2D eigenvalue weighted by molar-refractivity contribution is 5.68. The first kappa shape index (κ1) is 14.3. The number of ether oxygens (including phenoxy) is 1. The van der Waals surface area contributed by atoms with Crippen molar-refractivity contribution in [2.75, 3.05) is 6.61 Å². The zero-order valence-electron chi connectivity index (χ0n) is 11.2. The minimum Gasteiger partial charge on any atom is -0.446 e. The molecule has 0 atom stereocenters. The minimum absolute atomic E-state index is 0.0484. The van der Waals surface area contributed by atoms with Gasteiger partial charge >= 0.3 is 6.09 Å². The molecule has 0 unspecified atom stereocenters. The predicted molar refractivity (Wildman–Crippen MR) is 66.8 cm³/mol. The Hall–Kier alpha value is -0.770. The van der Waals surface area contributed by atoms with Gasteiger partial charge in [0.2, 0.25) is 0 Å². The first-order chi connectivity index (χ1) is 7.90. The van der Waals surface area contributed by atoms with Gasteiger partial charge in [0.1, 0.15) is 6.10 Å². The summed E-state index contributed by atoms with van der Waals surface area (Å²) in [6, 6.07) is 0. The van der Waals surface area contributed by atoms with Crippen LogP contribution in [0.1, 0.15) is 52.9 Å². The first-order valence-electron chi connectivity index (χ1n) is 6.50. The number of alkyl carbamates (subject to hydrolysis) is 1. The van der Waals surface area contributed by atoms with E-state index in [2.05, 4.69) is 5.32 Å². The summed E-state index contributed by atoms with van der Waals surface area (Å²) < 4.78 is 5.38. The third kappa shape index (κ3) is 5.91. The van der Waals surface area contributed by atoms with Gasteiger partial charge in [-0.3, -0.25) is 0 Å². The molecule has 1 saturated carbocycles. The first-order valence-corrected chi connectivity index (χ1v) is 6.50. The van der Waals surface area contributed by atoms with Crippen LogP contribution in [0.2, 0.25) is 0 Å². The van der Waals surface area contributed by atoms with E-state index in [1.54, 1.807) is 0 Å². The van der Waals surface area contributed by atoms with Gasteiger partial charge in [-0.15, -0.1) is 0 Å². The van der Waals surface area contributed by atoms with Crippen LogP contribution in [0.5, 0.6) is 0 Å². The van der Waals surface area contributed by atoms with E-state index in [0.717, 1.165) is 32.1 Å². The lowest BCUT2D eigenvalue weighted by molar-refractivity contribution is 0.0564. The number of aliphatic hydroxyl groups excluding tert-OH is 1. The quantitative estimate of drug-likeness (QED) is 0.800. The molecule has 0 aromatic heterocycles. The molecule has 1 aliphatic rings. The fourth-order valence-corrected chi connectivity index (χ4v) is 2.21. The molecule has 100 valence electrons. The third-order valence-corrected chi connectivity index (χ3v) is 3.08. The molecule has 0 aromatic rings. The number of hydrogen-bond acceptors (Lipinski definition) is 3. The van der Waals surface area contributed by atoms with E-state index >= 15 is 0 Å². The summed E-state index contributed by atoms with van der Waals surface area (Å²) in [7, 11) is 0. The molecule has 1 amide bonds. The minimum atomic E-state index is -0.317. The smallest absolute Gasteiger partial charge is 0.407 e. The molecule has 0 saturated heterocycles. The number of carbonyl (C=O) groups excluding carboxylic acids is 1. The third-order valence-electron chi connectivity index (χ3n) is 3.08. The lowest BCUT2D eigenvalue weighted by Gasteiger charge is -2.29. The van der Waals surface area contributed by atoms with Gasteiger partial charge in [-0.2, -0.15) is 0 Å². The molecule has 0 aliphatic heterocycles. The van der Waals surface area contributed by atoms with Crippen molar-refractivity contribution >= 4 is 6.09 Å². The van der Waals surface area contributed by atoms with Gasteiger partial charge in [0.05, 0.1) is 0 Å². The Morgan fingerprint density at radius 2 is 1.88 bits per heavy atom. The van der Waals surface area contributed by atoms with Crippen molar-refractivity contribution in [1.82, 2.24) is 5.32 Å². The Bertz CT molecular complexity index is 240. The summed E-state index contributed by atoms with van der Waals surface area (Å²) in [6.45, 7) is 6.08. The summed E-state index contributed by atoms with van der Waals surface area (Å²) in [5.74, 6) is 0.602. The van der Waals surface area contributed by atoms with Crippen molar-refractivity contribution in [3.05, 3.63) is 0 Å². The van der Waals surface area contributed by atoms with E-state index < -0.39 is 0 Å².